The summed E-state index contributed by atoms with van der Waals surface area (Å²) in [5.41, 5.74) is -0.0945. The van der Waals surface area contributed by atoms with Crippen molar-refractivity contribution in [2.45, 2.75) is 44.6 Å². The van der Waals surface area contributed by atoms with Gasteiger partial charge < -0.3 is 14.1 Å². The van der Waals surface area contributed by atoms with Crippen LogP contribution < -0.4 is 4.74 Å². The van der Waals surface area contributed by atoms with Gasteiger partial charge in [-0.15, -0.1) is 0 Å². The molecule has 1 amide bonds. The molecule has 32 heavy (non-hydrogen) atoms. The molecule has 0 saturated carbocycles. The van der Waals surface area contributed by atoms with Crippen molar-refractivity contribution < 1.29 is 18.3 Å². The summed E-state index contributed by atoms with van der Waals surface area (Å²) in [4.78, 5) is 19.5. The number of benzene rings is 2. The van der Waals surface area contributed by atoms with Crippen LogP contribution in [-0.2, 0) is 11.2 Å². The predicted molar refractivity (Wildman–Crippen MR) is 120 cm³/mol. The number of hydrogen-bond acceptors (Lipinski definition) is 4. The first kappa shape index (κ1) is 22.3. The van der Waals surface area contributed by atoms with E-state index >= 15 is 0 Å². The Morgan fingerprint density at radius 1 is 1.25 bits per heavy atom. The summed E-state index contributed by atoms with van der Waals surface area (Å²) in [5.74, 6) is 1.40. The molecule has 0 unspecified atom stereocenters. The number of ether oxygens (including phenoxy) is 1. The molecule has 1 aliphatic rings. The zero-order chi connectivity index (χ0) is 22.7. The summed E-state index contributed by atoms with van der Waals surface area (Å²) in [6.07, 6.45) is 4.06. The Morgan fingerprint density at radius 2 is 2.00 bits per heavy atom. The fraction of sp³-hybridized carbons (Fsp3) is 0.360. The molecule has 168 valence electrons. The fourth-order valence-electron chi connectivity index (χ4n) is 4.01. The lowest BCUT2D eigenvalue weighted by molar-refractivity contribution is -0.146. The second kappa shape index (κ2) is 9.33. The van der Waals surface area contributed by atoms with E-state index in [0.717, 1.165) is 24.2 Å². The van der Waals surface area contributed by atoms with Crippen LogP contribution in [0.1, 0.15) is 49.8 Å². The number of rotatable bonds is 6. The zero-order valence-corrected chi connectivity index (χ0v) is 18.9. The number of amides is 1. The number of aromatic nitrogens is 1. The van der Waals surface area contributed by atoms with Gasteiger partial charge in [-0.25, -0.2) is 9.37 Å². The summed E-state index contributed by atoms with van der Waals surface area (Å²) in [6, 6.07) is 13.3. The molecule has 0 aliphatic carbocycles. The van der Waals surface area contributed by atoms with Gasteiger partial charge in [-0.2, -0.15) is 0 Å². The molecule has 3 aromatic rings. The highest BCUT2D eigenvalue weighted by atomic mass is 35.5. The topological polar surface area (TPSA) is 55.6 Å². The quantitative estimate of drug-likeness (QED) is 0.483. The van der Waals surface area contributed by atoms with Gasteiger partial charge in [-0.05, 0) is 62.6 Å². The van der Waals surface area contributed by atoms with Crippen LogP contribution in [0.4, 0.5) is 4.39 Å². The summed E-state index contributed by atoms with van der Waals surface area (Å²) < 4.78 is 25.1. The van der Waals surface area contributed by atoms with E-state index in [1.54, 1.807) is 24.9 Å². The van der Waals surface area contributed by atoms with Crippen LogP contribution in [0.15, 0.2) is 59.1 Å². The Hall–Kier alpha value is -2.86. The van der Waals surface area contributed by atoms with Gasteiger partial charge >= 0.3 is 0 Å². The van der Waals surface area contributed by atoms with Gasteiger partial charge in [0.2, 0.25) is 0 Å². The summed E-state index contributed by atoms with van der Waals surface area (Å²) >= 11 is 6.26. The number of carbonyl (C=O) groups excluding carboxylic acids is 1. The maximum Gasteiger partial charge on any atom is 0.266 e. The molecule has 1 aliphatic heterocycles. The molecule has 4 rings (SSSR count). The van der Waals surface area contributed by atoms with Crippen molar-refractivity contribution in [1.29, 1.82) is 0 Å². The highest BCUT2D eigenvalue weighted by molar-refractivity contribution is 6.31. The molecule has 2 aromatic carbocycles. The maximum absolute atomic E-state index is 13.2. The third kappa shape index (κ3) is 5.13. The van der Waals surface area contributed by atoms with Crippen LogP contribution in [0.2, 0.25) is 5.02 Å². The van der Waals surface area contributed by atoms with Crippen LogP contribution in [0.3, 0.4) is 0 Å². The van der Waals surface area contributed by atoms with Gasteiger partial charge in [0, 0.05) is 24.5 Å². The SMILES string of the molecule is CC(C)(Oc1ccc(F)cc1)C(=O)N1CCC[C@@H](c2ncc(Cc3ccccc3Cl)o2)C1. The predicted octanol–water partition coefficient (Wildman–Crippen LogP) is 5.62. The lowest BCUT2D eigenvalue weighted by Gasteiger charge is -2.36. The van der Waals surface area contributed by atoms with Gasteiger partial charge in [0.1, 0.15) is 17.3 Å². The monoisotopic (exact) mass is 456 g/mol. The smallest absolute Gasteiger partial charge is 0.266 e. The van der Waals surface area contributed by atoms with Crippen LogP contribution in [0, 0.1) is 5.82 Å². The van der Waals surface area contributed by atoms with Gasteiger partial charge in [-0.3, -0.25) is 4.79 Å². The Morgan fingerprint density at radius 3 is 2.75 bits per heavy atom. The molecule has 1 atom stereocenters. The molecule has 5 nitrogen and oxygen atoms in total. The van der Waals surface area contributed by atoms with Crippen LogP contribution in [-0.4, -0.2) is 34.5 Å². The minimum absolute atomic E-state index is 0.0225. The van der Waals surface area contributed by atoms with E-state index in [-0.39, 0.29) is 17.6 Å². The summed E-state index contributed by atoms with van der Waals surface area (Å²) in [7, 11) is 0. The second-order valence-corrected chi connectivity index (χ2v) is 9.00. The highest BCUT2D eigenvalue weighted by Gasteiger charge is 2.37. The molecular formula is C25H26ClFN2O3. The van der Waals surface area contributed by atoms with Gasteiger partial charge in [0.25, 0.3) is 5.91 Å². The Bertz CT molecular complexity index is 1080. The number of piperidine rings is 1. The van der Waals surface area contributed by atoms with E-state index in [0.29, 0.717) is 36.2 Å². The minimum Gasteiger partial charge on any atom is -0.478 e. The average Bonchev–Trinajstić information content (AvgIpc) is 3.25. The molecule has 0 spiro atoms. The fourth-order valence-corrected chi connectivity index (χ4v) is 4.21. The lowest BCUT2D eigenvalue weighted by atomic mass is 9.96. The van der Waals surface area contributed by atoms with Gasteiger partial charge in [0.15, 0.2) is 11.5 Å². The van der Waals surface area contributed by atoms with Crippen molar-refractivity contribution in [3.05, 3.63) is 82.8 Å². The normalized spacial score (nSPS) is 16.8. The van der Waals surface area contributed by atoms with E-state index in [2.05, 4.69) is 4.98 Å². The first-order valence-corrected chi connectivity index (χ1v) is 11.1. The van der Waals surface area contributed by atoms with E-state index in [4.69, 9.17) is 20.8 Å². The minimum atomic E-state index is -1.08. The Kier molecular flexibility index (Phi) is 6.51. The third-order valence-electron chi connectivity index (χ3n) is 5.65. The van der Waals surface area contributed by atoms with E-state index in [9.17, 15) is 9.18 Å². The van der Waals surface area contributed by atoms with E-state index < -0.39 is 5.60 Å². The Labute approximate surface area is 192 Å². The van der Waals surface area contributed by atoms with Crippen molar-refractivity contribution in [2.75, 3.05) is 13.1 Å². The third-order valence-corrected chi connectivity index (χ3v) is 6.02. The first-order chi connectivity index (χ1) is 15.3. The number of likely N-dealkylation sites (tertiary alicyclic amines) is 1. The molecule has 0 radical (unpaired) electrons. The second-order valence-electron chi connectivity index (χ2n) is 8.59. The summed E-state index contributed by atoms with van der Waals surface area (Å²) in [5, 5.41) is 0.697. The van der Waals surface area contributed by atoms with Gasteiger partial charge in [0.05, 0.1) is 12.1 Å². The highest BCUT2D eigenvalue weighted by Crippen LogP contribution is 2.30. The molecular weight excluding hydrogens is 431 g/mol. The molecule has 1 saturated heterocycles. The zero-order valence-electron chi connectivity index (χ0n) is 18.2. The van der Waals surface area contributed by atoms with Crippen molar-refractivity contribution in [3.63, 3.8) is 0 Å². The van der Waals surface area contributed by atoms with Gasteiger partial charge in [-0.1, -0.05) is 29.8 Å². The molecule has 2 heterocycles. The molecule has 7 heteroatoms. The number of halogens is 2. The van der Waals surface area contributed by atoms with Crippen molar-refractivity contribution in [2.24, 2.45) is 0 Å². The first-order valence-electron chi connectivity index (χ1n) is 10.7. The molecule has 0 N–H and O–H groups in total. The largest absolute Gasteiger partial charge is 0.478 e. The van der Waals surface area contributed by atoms with Crippen molar-refractivity contribution in [1.82, 2.24) is 9.88 Å². The Balaban J connectivity index is 1.41. The van der Waals surface area contributed by atoms with E-state index in [1.807, 2.05) is 24.3 Å². The molecule has 0 bridgehead atoms. The molecule has 1 aromatic heterocycles. The van der Waals surface area contributed by atoms with Crippen molar-refractivity contribution >= 4 is 17.5 Å². The van der Waals surface area contributed by atoms with E-state index in [1.165, 1.54) is 24.3 Å². The van der Waals surface area contributed by atoms with Crippen molar-refractivity contribution in [3.8, 4) is 5.75 Å². The maximum atomic E-state index is 13.2. The number of nitrogens with zero attached hydrogens (tertiary/aromatic N) is 2. The summed E-state index contributed by atoms with van der Waals surface area (Å²) in [6.45, 7) is 4.63. The number of carbonyl (C=O) groups is 1. The lowest BCUT2D eigenvalue weighted by Crippen LogP contribution is -2.51. The molecule has 1 fully saturated rings. The van der Waals surface area contributed by atoms with Crippen LogP contribution >= 0.6 is 11.6 Å². The number of oxazole rings is 1. The van der Waals surface area contributed by atoms with Crippen LogP contribution in [0.5, 0.6) is 5.75 Å². The van der Waals surface area contributed by atoms with Crippen LogP contribution in [0.25, 0.3) is 0 Å². The average molecular weight is 457 g/mol. The standard InChI is InChI=1S/C25H26ClFN2O3/c1-25(2,32-20-11-9-19(27)10-12-20)24(30)29-13-5-7-18(16-29)23-28-15-21(31-23)14-17-6-3-4-8-22(17)26/h3-4,6,8-12,15,18H,5,7,13-14,16H2,1-2H3/t18-/m1/s1. The number of hydrogen-bond donors (Lipinski definition) is 0.